The third kappa shape index (κ3) is 3.31. The standard InChI is InChI=1S/C15H23N3O6/c19-8-10-11(20)12(21)14(24-10)18-7-9(13(22)16-15(18)23)6-17-4-2-1-3-5-17/h7,10-12,14,19-21H,1-6,8H2,(H,16,22,23)/t10-,11-,12-,14-/m1/s1. The van der Waals surface area contributed by atoms with Crippen molar-refractivity contribution in [2.75, 3.05) is 19.7 Å². The third-order valence-corrected chi connectivity index (χ3v) is 4.68. The van der Waals surface area contributed by atoms with Crippen molar-refractivity contribution in [3.8, 4) is 0 Å². The maximum atomic E-state index is 12.1. The van der Waals surface area contributed by atoms with Crippen molar-refractivity contribution >= 4 is 0 Å². The van der Waals surface area contributed by atoms with Crippen molar-refractivity contribution in [1.82, 2.24) is 14.5 Å². The lowest BCUT2D eigenvalue weighted by atomic mass is 10.1. The molecule has 0 bridgehead atoms. The van der Waals surface area contributed by atoms with E-state index in [4.69, 9.17) is 9.84 Å². The summed E-state index contributed by atoms with van der Waals surface area (Å²) in [6.45, 7) is 1.72. The van der Waals surface area contributed by atoms with Crippen LogP contribution in [0.15, 0.2) is 15.8 Å². The molecular formula is C15H23N3O6. The molecule has 24 heavy (non-hydrogen) atoms. The van der Waals surface area contributed by atoms with Gasteiger partial charge in [-0.2, -0.15) is 0 Å². The summed E-state index contributed by atoms with van der Waals surface area (Å²) >= 11 is 0. The first kappa shape index (κ1) is 17.3. The summed E-state index contributed by atoms with van der Waals surface area (Å²) in [6, 6.07) is 0. The van der Waals surface area contributed by atoms with E-state index in [1.54, 1.807) is 0 Å². The quantitative estimate of drug-likeness (QED) is 0.505. The van der Waals surface area contributed by atoms with Gasteiger partial charge in [-0.25, -0.2) is 4.79 Å². The summed E-state index contributed by atoms with van der Waals surface area (Å²) < 4.78 is 6.44. The summed E-state index contributed by atoms with van der Waals surface area (Å²) in [4.78, 5) is 28.5. The molecule has 2 fully saturated rings. The number of ether oxygens (including phenoxy) is 1. The number of rotatable bonds is 4. The largest absolute Gasteiger partial charge is 0.394 e. The molecule has 1 aromatic heterocycles. The molecule has 0 aromatic carbocycles. The monoisotopic (exact) mass is 341 g/mol. The van der Waals surface area contributed by atoms with Gasteiger partial charge in [0.15, 0.2) is 6.23 Å². The number of nitrogens with one attached hydrogen (secondary N) is 1. The van der Waals surface area contributed by atoms with Crippen LogP contribution in [0.25, 0.3) is 0 Å². The second-order valence-corrected chi connectivity index (χ2v) is 6.39. The van der Waals surface area contributed by atoms with Gasteiger partial charge in [0.2, 0.25) is 0 Å². The van der Waals surface area contributed by atoms with E-state index >= 15 is 0 Å². The molecule has 0 aliphatic carbocycles. The van der Waals surface area contributed by atoms with Crippen LogP contribution in [0.5, 0.6) is 0 Å². The number of hydrogen-bond donors (Lipinski definition) is 4. The van der Waals surface area contributed by atoms with Gasteiger partial charge in [0.1, 0.15) is 18.3 Å². The minimum absolute atomic E-state index is 0.397. The van der Waals surface area contributed by atoms with Crippen LogP contribution in [0.2, 0.25) is 0 Å². The number of aromatic amines is 1. The fourth-order valence-corrected chi connectivity index (χ4v) is 3.30. The molecule has 1 aromatic rings. The molecule has 4 atom stereocenters. The maximum absolute atomic E-state index is 12.1. The molecule has 0 spiro atoms. The summed E-state index contributed by atoms with van der Waals surface area (Å²) in [6.07, 6.45) is -0.0991. The Bertz CT molecular complexity index is 681. The molecule has 0 saturated carbocycles. The highest BCUT2D eigenvalue weighted by atomic mass is 16.6. The van der Waals surface area contributed by atoms with Gasteiger partial charge in [-0.05, 0) is 25.9 Å². The van der Waals surface area contributed by atoms with Crippen LogP contribution in [0.4, 0.5) is 0 Å². The zero-order valence-electron chi connectivity index (χ0n) is 13.3. The van der Waals surface area contributed by atoms with Gasteiger partial charge in [-0.3, -0.25) is 19.2 Å². The maximum Gasteiger partial charge on any atom is 0.330 e. The summed E-state index contributed by atoms with van der Waals surface area (Å²) in [7, 11) is 0. The highest BCUT2D eigenvalue weighted by molar-refractivity contribution is 5.06. The first-order chi connectivity index (χ1) is 11.5. The molecule has 3 heterocycles. The van der Waals surface area contributed by atoms with Crippen molar-refractivity contribution in [3.63, 3.8) is 0 Å². The molecule has 0 unspecified atom stereocenters. The third-order valence-electron chi connectivity index (χ3n) is 4.68. The number of aliphatic hydroxyl groups excluding tert-OH is 3. The van der Waals surface area contributed by atoms with E-state index in [0.29, 0.717) is 12.1 Å². The average Bonchev–Trinajstić information content (AvgIpc) is 2.86. The van der Waals surface area contributed by atoms with Gasteiger partial charge in [0, 0.05) is 18.3 Å². The molecular weight excluding hydrogens is 318 g/mol. The van der Waals surface area contributed by atoms with Crippen molar-refractivity contribution in [3.05, 3.63) is 32.6 Å². The van der Waals surface area contributed by atoms with Gasteiger partial charge >= 0.3 is 5.69 Å². The number of aromatic nitrogens is 2. The van der Waals surface area contributed by atoms with E-state index in [9.17, 15) is 19.8 Å². The first-order valence-corrected chi connectivity index (χ1v) is 8.20. The minimum Gasteiger partial charge on any atom is -0.394 e. The van der Waals surface area contributed by atoms with E-state index < -0.39 is 42.4 Å². The van der Waals surface area contributed by atoms with Crippen LogP contribution < -0.4 is 11.2 Å². The molecule has 9 nitrogen and oxygen atoms in total. The molecule has 2 aliphatic rings. The molecule has 2 aliphatic heterocycles. The zero-order valence-corrected chi connectivity index (χ0v) is 13.3. The van der Waals surface area contributed by atoms with Crippen molar-refractivity contribution < 1.29 is 20.1 Å². The Labute approximate surface area is 138 Å². The molecule has 9 heteroatoms. The molecule has 4 N–H and O–H groups in total. The van der Waals surface area contributed by atoms with Crippen LogP contribution in [-0.4, -0.2) is 67.8 Å². The Hall–Kier alpha value is -1.52. The Balaban J connectivity index is 1.87. The molecule has 0 amide bonds. The predicted molar refractivity (Wildman–Crippen MR) is 83.5 cm³/mol. The van der Waals surface area contributed by atoms with Gasteiger partial charge < -0.3 is 20.1 Å². The van der Waals surface area contributed by atoms with Crippen molar-refractivity contribution in [1.29, 1.82) is 0 Å². The lowest BCUT2D eigenvalue weighted by Gasteiger charge is -2.26. The number of hydrogen-bond acceptors (Lipinski definition) is 7. The zero-order chi connectivity index (χ0) is 17.3. The van der Waals surface area contributed by atoms with Gasteiger partial charge in [-0.1, -0.05) is 6.42 Å². The molecule has 2 saturated heterocycles. The lowest BCUT2D eigenvalue weighted by Crippen LogP contribution is -2.40. The van der Waals surface area contributed by atoms with Crippen LogP contribution in [0, 0.1) is 0 Å². The molecule has 134 valence electrons. The van der Waals surface area contributed by atoms with Gasteiger partial charge in [-0.15, -0.1) is 0 Å². The first-order valence-electron chi connectivity index (χ1n) is 8.20. The highest BCUT2D eigenvalue weighted by Gasteiger charge is 2.43. The van der Waals surface area contributed by atoms with E-state index in [-0.39, 0.29) is 0 Å². The highest BCUT2D eigenvalue weighted by Crippen LogP contribution is 2.28. The SMILES string of the molecule is O=c1[nH]c(=O)n([C@@H]2O[C@H](CO)[C@@H](O)[C@H]2O)cc1CN1CCCCC1. The van der Waals surface area contributed by atoms with Crippen molar-refractivity contribution in [2.45, 2.75) is 50.3 Å². The van der Waals surface area contributed by atoms with E-state index in [1.165, 1.54) is 12.6 Å². The normalized spacial score (nSPS) is 31.5. The van der Waals surface area contributed by atoms with Crippen LogP contribution >= 0.6 is 0 Å². The topological polar surface area (TPSA) is 128 Å². The number of nitrogens with zero attached hydrogens (tertiary/aromatic N) is 2. The van der Waals surface area contributed by atoms with Crippen molar-refractivity contribution in [2.24, 2.45) is 0 Å². The fourth-order valence-electron chi connectivity index (χ4n) is 3.30. The van der Waals surface area contributed by atoms with E-state index in [0.717, 1.165) is 30.5 Å². The second-order valence-electron chi connectivity index (χ2n) is 6.39. The number of likely N-dealkylation sites (tertiary alicyclic amines) is 1. The average molecular weight is 341 g/mol. The van der Waals surface area contributed by atoms with Crippen LogP contribution in [0.3, 0.4) is 0 Å². The molecule has 0 radical (unpaired) electrons. The summed E-state index contributed by atoms with van der Waals surface area (Å²) in [5, 5.41) is 29.1. The Morgan fingerprint density at radius 2 is 1.88 bits per heavy atom. The summed E-state index contributed by atoms with van der Waals surface area (Å²) in [5.74, 6) is 0. The van der Waals surface area contributed by atoms with E-state index in [1.807, 2.05) is 0 Å². The Kier molecular flexibility index (Phi) is 5.16. The van der Waals surface area contributed by atoms with Crippen LogP contribution in [-0.2, 0) is 11.3 Å². The number of H-pyrrole nitrogens is 1. The predicted octanol–water partition coefficient (Wildman–Crippen LogP) is -1.87. The minimum atomic E-state index is -1.37. The Morgan fingerprint density at radius 3 is 2.50 bits per heavy atom. The summed E-state index contributed by atoms with van der Waals surface area (Å²) in [5.41, 5.74) is -0.792. The Morgan fingerprint density at radius 1 is 1.17 bits per heavy atom. The second kappa shape index (κ2) is 7.16. The number of piperidine rings is 1. The smallest absolute Gasteiger partial charge is 0.330 e. The van der Waals surface area contributed by atoms with Gasteiger partial charge in [0.25, 0.3) is 5.56 Å². The van der Waals surface area contributed by atoms with Gasteiger partial charge in [0.05, 0.1) is 6.61 Å². The lowest BCUT2D eigenvalue weighted by molar-refractivity contribution is -0.0552. The molecule has 3 rings (SSSR count). The van der Waals surface area contributed by atoms with E-state index in [2.05, 4.69) is 9.88 Å². The fraction of sp³-hybridized carbons (Fsp3) is 0.733. The van der Waals surface area contributed by atoms with Crippen LogP contribution in [0.1, 0.15) is 31.1 Å². The number of aliphatic hydroxyl groups is 3.